The number of hydrogen-bond acceptors (Lipinski definition) is 6. The van der Waals surface area contributed by atoms with Crippen molar-refractivity contribution in [1.82, 2.24) is 19.8 Å². The van der Waals surface area contributed by atoms with Crippen LogP contribution in [0.15, 0.2) is 30.6 Å². The van der Waals surface area contributed by atoms with Gasteiger partial charge in [0.1, 0.15) is 17.7 Å². The number of nitrogens with zero attached hydrogens (tertiary/aromatic N) is 4. The predicted octanol–water partition coefficient (Wildman–Crippen LogP) is 1.14. The molecule has 2 saturated heterocycles. The van der Waals surface area contributed by atoms with Gasteiger partial charge in [-0.2, -0.15) is 0 Å². The highest BCUT2D eigenvalue weighted by atomic mass is 16.6. The van der Waals surface area contributed by atoms with Crippen molar-refractivity contribution < 1.29 is 24.2 Å². The second kappa shape index (κ2) is 6.49. The van der Waals surface area contributed by atoms with Gasteiger partial charge in [0.15, 0.2) is 0 Å². The third-order valence-electron chi connectivity index (χ3n) is 5.06. The molecule has 0 radical (unpaired) electrons. The molecule has 3 heterocycles. The van der Waals surface area contributed by atoms with Gasteiger partial charge in [0.25, 0.3) is 5.91 Å². The summed E-state index contributed by atoms with van der Waals surface area (Å²) in [5.74, 6) is -1.21. The van der Waals surface area contributed by atoms with Crippen LogP contribution in [0.1, 0.15) is 23.2 Å². The Hall–Kier alpha value is -3.23. The van der Waals surface area contributed by atoms with Crippen LogP contribution in [-0.2, 0) is 9.53 Å². The molecule has 140 valence electrons. The number of piperidine rings is 1. The van der Waals surface area contributed by atoms with Crippen LogP contribution in [0.25, 0.3) is 11.0 Å². The Morgan fingerprint density at radius 3 is 2.67 bits per heavy atom. The number of amides is 2. The third-order valence-corrected chi connectivity index (χ3v) is 5.06. The molecule has 2 aliphatic rings. The lowest BCUT2D eigenvalue weighted by atomic mass is 9.91. The first kappa shape index (κ1) is 17.2. The molecule has 2 amide bonds. The van der Waals surface area contributed by atoms with Crippen LogP contribution < -0.4 is 0 Å². The maximum Gasteiger partial charge on any atom is 0.411 e. The van der Waals surface area contributed by atoms with E-state index in [1.165, 1.54) is 4.90 Å². The van der Waals surface area contributed by atoms with E-state index in [2.05, 4.69) is 9.97 Å². The summed E-state index contributed by atoms with van der Waals surface area (Å²) in [6.45, 7) is 0.700. The van der Waals surface area contributed by atoms with Crippen LogP contribution in [0.5, 0.6) is 0 Å². The van der Waals surface area contributed by atoms with E-state index in [1.807, 2.05) is 0 Å². The van der Waals surface area contributed by atoms with Gasteiger partial charge in [0, 0.05) is 38.3 Å². The third kappa shape index (κ3) is 3.16. The van der Waals surface area contributed by atoms with Crippen molar-refractivity contribution in [1.29, 1.82) is 0 Å². The number of carboxylic acids is 1. The van der Waals surface area contributed by atoms with E-state index in [-0.39, 0.29) is 19.0 Å². The molecule has 1 spiro atoms. The molecular weight excluding hydrogens is 352 g/mol. The zero-order valence-electron chi connectivity index (χ0n) is 14.5. The molecular formula is C18H18N4O5. The lowest BCUT2D eigenvalue weighted by molar-refractivity contribution is -0.137. The van der Waals surface area contributed by atoms with Crippen molar-refractivity contribution in [2.24, 2.45) is 0 Å². The maximum atomic E-state index is 13.0. The summed E-state index contributed by atoms with van der Waals surface area (Å²) in [6.07, 6.45) is 3.47. The monoisotopic (exact) mass is 370 g/mol. The van der Waals surface area contributed by atoms with Gasteiger partial charge in [-0.15, -0.1) is 0 Å². The highest BCUT2D eigenvalue weighted by Crippen LogP contribution is 2.33. The summed E-state index contributed by atoms with van der Waals surface area (Å²) in [5.41, 5.74) is 0.991. The minimum atomic E-state index is -1.08. The molecule has 2 aliphatic heterocycles. The van der Waals surface area contributed by atoms with E-state index < -0.39 is 17.7 Å². The molecule has 0 unspecified atom stereocenters. The van der Waals surface area contributed by atoms with Crippen molar-refractivity contribution in [3.8, 4) is 0 Å². The van der Waals surface area contributed by atoms with Gasteiger partial charge in [-0.25, -0.2) is 4.79 Å². The Morgan fingerprint density at radius 2 is 1.93 bits per heavy atom. The zero-order valence-corrected chi connectivity index (χ0v) is 14.5. The highest BCUT2D eigenvalue weighted by Gasteiger charge is 2.48. The van der Waals surface area contributed by atoms with E-state index in [4.69, 9.17) is 9.84 Å². The van der Waals surface area contributed by atoms with E-state index in [0.29, 0.717) is 42.5 Å². The lowest BCUT2D eigenvalue weighted by Crippen LogP contribution is -2.49. The molecule has 4 rings (SSSR count). The first-order valence-electron chi connectivity index (χ1n) is 8.66. The number of fused-ring (bicyclic) bond motifs is 1. The minimum Gasteiger partial charge on any atom is -0.480 e. The maximum absolute atomic E-state index is 13.0. The van der Waals surface area contributed by atoms with Gasteiger partial charge in [-0.05, 0) is 12.1 Å². The number of carbonyl (C=O) groups is 3. The Kier molecular flexibility index (Phi) is 4.14. The van der Waals surface area contributed by atoms with Gasteiger partial charge in [-0.3, -0.25) is 24.5 Å². The summed E-state index contributed by atoms with van der Waals surface area (Å²) < 4.78 is 5.47. The molecule has 0 aliphatic carbocycles. The van der Waals surface area contributed by atoms with E-state index in [0.717, 1.165) is 0 Å². The number of carboxylic acid groups (broad SMARTS) is 1. The normalized spacial score (nSPS) is 18.7. The number of ether oxygens (including phenoxy) is 1. The zero-order chi connectivity index (χ0) is 19.0. The van der Waals surface area contributed by atoms with Crippen molar-refractivity contribution >= 4 is 29.0 Å². The molecule has 1 aromatic heterocycles. The quantitative estimate of drug-likeness (QED) is 0.862. The van der Waals surface area contributed by atoms with Crippen LogP contribution in [0.4, 0.5) is 4.79 Å². The van der Waals surface area contributed by atoms with Gasteiger partial charge < -0.3 is 14.7 Å². The Labute approximate surface area is 154 Å². The first-order valence-corrected chi connectivity index (χ1v) is 8.66. The Balaban J connectivity index is 1.47. The average molecular weight is 370 g/mol. The molecule has 0 atom stereocenters. The predicted molar refractivity (Wildman–Crippen MR) is 93.1 cm³/mol. The van der Waals surface area contributed by atoms with Gasteiger partial charge in [-0.1, -0.05) is 6.07 Å². The molecule has 1 aromatic carbocycles. The van der Waals surface area contributed by atoms with Crippen LogP contribution >= 0.6 is 0 Å². The van der Waals surface area contributed by atoms with Crippen LogP contribution in [0.2, 0.25) is 0 Å². The van der Waals surface area contributed by atoms with Crippen molar-refractivity contribution in [3.63, 3.8) is 0 Å². The highest BCUT2D eigenvalue weighted by molar-refractivity contribution is 6.04. The summed E-state index contributed by atoms with van der Waals surface area (Å²) in [6, 6.07) is 5.31. The van der Waals surface area contributed by atoms with Crippen LogP contribution in [0, 0.1) is 0 Å². The second-order valence-electron chi connectivity index (χ2n) is 6.82. The van der Waals surface area contributed by atoms with E-state index in [9.17, 15) is 14.4 Å². The molecule has 9 heteroatoms. The Bertz CT molecular complexity index is 918. The largest absolute Gasteiger partial charge is 0.480 e. The fourth-order valence-electron chi connectivity index (χ4n) is 3.69. The van der Waals surface area contributed by atoms with Crippen LogP contribution in [0.3, 0.4) is 0 Å². The summed E-state index contributed by atoms with van der Waals surface area (Å²) in [4.78, 5) is 47.1. The number of carbonyl (C=O) groups excluding carboxylic acids is 2. The van der Waals surface area contributed by atoms with E-state index >= 15 is 0 Å². The minimum absolute atomic E-state index is 0.136. The summed E-state index contributed by atoms with van der Waals surface area (Å²) >= 11 is 0. The van der Waals surface area contributed by atoms with Crippen molar-refractivity contribution in [2.75, 3.05) is 26.2 Å². The summed E-state index contributed by atoms with van der Waals surface area (Å²) in [5, 5.41) is 8.89. The molecule has 2 aromatic rings. The second-order valence-corrected chi connectivity index (χ2v) is 6.82. The van der Waals surface area contributed by atoms with Crippen molar-refractivity contribution in [2.45, 2.75) is 18.4 Å². The van der Waals surface area contributed by atoms with Crippen LogP contribution in [-0.4, -0.2) is 74.6 Å². The lowest BCUT2D eigenvalue weighted by Gasteiger charge is -2.37. The number of aromatic nitrogens is 2. The molecule has 1 N–H and O–H groups in total. The SMILES string of the molecule is O=C(O)CN1CC2(CCN(C(=O)c3cccc4nccnc34)CC2)OC1=O. The average Bonchev–Trinajstić information content (AvgIpc) is 2.95. The molecule has 2 fully saturated rings. The van der Waals surface area contributed by atoms with Gasteiger partial charge >= 0.3 is 12.1 Å². The molecule has 9 nitrogen and oxygen atoms in total. The molecule has 0 saturated carbocycles. The number of hydrogen-bond donors (Lipinski definition) is 1. The molecule has 27 heavy (non-hydrogen) atoms. The van der Waals surface area contributed by atoms with Crippen molar-refractivity contribution in [3.05, 3.63) is 36.2 Å². The van der Waals surface area contributed by atoms with Gasteiger partial charge in [0.05, 0.1) is 17.6 Å². The first-order chi connectivity index (χ1) is 13.0. The fraction of sp³-hybridized carbons (Fsp3) is 0.389. The number of rotatable bonds is 3. The molecule has 0 bridgehead atoms. The number of benzene rings is 1. The standard InChI is InChI=1S/C18H18N4O5/c23-14(24)10-22-11-18(27-17(22)26)4-8-21(9-5-18)16(25)12-2-1-3-13-15(12)20-7-6-19-13/h1-3,6-7H,4-5,8-11H2,(H,23,24). The van der Waals surface area contributed by atoms with E-state index in [1.54, 1.807) is 35.5 Å². The topological polar surface area (TPSA) is 113 Å². The fourth-order valence-corrected chi connectivity index (χ4v) is 3.69. The summed E-state index contributed by atoms with van der Waals surface area (Å²) in [7, 11) is 0. The number of aliphatic carboxylic acids is 1. The smallest absolute Gasteiger partial charge is 0.411 e. The Morgan fingerprint density at radius 1 is 1.19 bits per heavy atom. The number of para-hydroxylation sites is 1. The number of likely N-dealkylation sites (tertiary alicyclic amines) is 1. The van der Waals surface area contributed by atoms with Gasteiger partial charge in [0.2, 0.25) is 0 Å².